The normalized spacial score (nSPS) is 16.1. The molecule has 0 radical (unpaired) electrons. The Balaban J connectivity index is 1.77. The summed E-state index contributed by atoms with van der Waals surface area (Å²) in [6, 6.07) is 14.7. The van der Waals surface area contributed by atoms with Crippen molar-refractivity contribution in [3.8, 4) is 0 Å². The topological polar surface area (TPSA) is 80.1 Å². The number of carbonyl (C=O) groups is 2. The molecule has 0 saturated carbocycles. The highest BCUT2D eigenvalue weighted by molar-refractivity contribution is 5.97. The van der Waals surface area contributed by atoms with E-state index in [1.165, 1.54) is 0 Å². The van der Waals surface area contributed by atoms with Gasteiger partial charge in [0.1, 0.15) is 11.6 Å². The van der Waals surface area contributed by atoms with Crippen molar-refractivity contribution in [3.63, 3.8) is 0 Å². The van der Waals surface area contributed by atoms with E-state index in [2.05, 4.69) is 15.5 Å². The van der Waals surface area contributed by atoms with Crippen molar-refractivity contribution in [2.75, 3.05) is 0 Å². The van der Waals surface area contributed by atoms with Crippen molar-refractivity contribution in [2.45, 2.75) is 39.0 Å². The summed E-state index contributed by atoms with van der Waals surface area (Å²) in [7, 11) is 0. The van der Waals surface area contributed by atoms with Gasteiger partial charge in [0.2, 0.25) is 0 Å². The second-order valence-corrected chi connectivity index (χ2v) is 7.11. The molecule has 1 aliphatic heterocycles. The molecule has 3 rings (SSSR count). The lowest BCUT2D eigenvalue weighted by molar-refractivity contribution is 0.0523. The molecule has 0 fully saturated rings. The van der Waals surface area contributed by atoms with Crippen LogP contribution in [-0.4, -0.2) is 17.6 Å². The van der Waals surface area contributed by atoms with Crippen molar-refractivity contribution in [3.05, 3.63) is 70.8 Å². The summed E-state index contributed by atoms with van der Waals surface area (Å²) in [5.74, 6) is -0.320. The first-order valence-electron chi connectivity index (χ1n) is 8.43. The van der Waals surface area contributed by atoms with Gasteiger partial charge in [-0.25, -0.2) is 4.79 Å². The third kappa shape index (κ3) is 4.14. The Morgan fingerprint density at radius 3 is 2.69 bits per heavy atom. The number of carbonyl (C=O) groups excluding carboxylic acids is 2. The first kappa shape index (κ1) is 17.8. The second-order valence-electron chi connectivity index (χ2n) is 7.11. The van der Waals surface area contributed by atoms with Crippen molar-refractivity contribution in [1.29, 1.82) is 0 Å². The van der Waals surface area contributed by atoms with E-state index in [4.69, 9.17) is 4.74 Å². The van der Waals surface area contributed by atoms with E-state index in [9.17, 15) is 9.59 Å². The van der Waals surface area contributed by atoms with Crippen LogP contribution in [0.3, 0.4) is 0 Å². The van der Waals surface area contributed by atoms with Crippen molar-refractivity contribution < 1.29 is 14.3 Å². The molecule has 2 aromatic carbocycles. The highest BCUT2D eigenvalue weighted by atomic mass is 16.6. The molecule has 0 aliphatic carbocycles. The lowest BCUT2D eigenvalue weighted by atomic mass is 9.93. The summed E-state index contributed by atoms with van der Waals surface area (Å²) < 4.78 is 5.24. The van der Waals surface area contributed by atoms with Gasteiger partial charge in [-0.15, -0.1) is 5.11 Å². The van der Waals surface area contributed by atoms with Gasteiger partial charge in [-0.05, 0) is 43.5 Å². The molecule has 0 aromatic heterocycles. The minimum Gasteiger partial charge on any atom is -0.444 e. The summed E-state index contributed by atoms with van der Waals surface area (Å²) in [5.41, 5.74) is 2.70. The van der Waals surface area contributed by atoms with E-state index in [1.54, 1.807) is 6.07 Å². The molecule has 0 bridgehead atoms. The van der Waals surface area contributed by atoms with Crippen LogP contribution in [0.25, 0.3) is 0 Å². The van der Waals surface area contributed by atoms with Crippen LogP contribution < -0.4 is 5.32 Å². The number of hydrogen-bond donors (Lipinski definition) is 1. The van der Waals surface area contributed by atoms with E-state index in [1.807, 2.05) is 63.2 Å². The van der Waals surface area contributed by atoms with E-state index < -0.39 is 11.7 Å². The maximum Gasteiger partial charge on any atom is 0.407 e. The number of benzene rings is 2. The fourth-order valence-corrected chi connectivity index (χ4v) is 2.76. The van der Waals surface area contributed by atoms with Crippen molar-refractivity contribution >= 4 is 12.0 Å². The van der Waals surface area contributed by atoms with E-state index in [0.717, 1.165) is 16.7 Å². The molecular weight excluding hydrogens is 330 g/mol. The van der Waals surface area contributed by atoms with Gasteiger partial charge in [0.15, 0.2) is 0 Å². The predicted octanol–water partition coefficient (Wildman–Crippen LogP) is 4.41. The van der Waals surface area contributed by atoms with Crippen LogP contribution in [-0.2, 0) is 11.3 Å². The Morgan fingerprint density at radius 1 is 1.15 bits per heavy atom. The smallest absolute Gasteiger partial charge is 0.407 e. The minimum atomic E-state index is -0.537. The van der Waals surface area contributed by atoms with Gasteiger partial charge < -0.3 is 10.1 Å². The Hall–Kier alpha value is -3.02. The van der Waals surface area contributed by atoms with Gasteiger partial charge in [-0.3, -0.25) is 4.79 Å². The summed E-state index contributed by atoms with van der Waals surface area (Å²) in [4.78, 5) is 23.7. The third-order valence-electron chi connectivity index (χ3n) is 3.85. The quantitative estimate of drug-likeness (QED) is 0.889. The number of fused-ring (bicyclic) bond motifs is 1. The molecule has 1 atom stereocenters. The second kappa shape index (κ2) is 7.07. The number of amides is 2. The molecule has 2 amide bonds. The average molecular weight is 351 g/mol. The van der Waals surface area contributed by atoms with Gasteiger partial charge in [-0.2, -0.15) is 5.11 Å². The molecule has 0 spiro atoms. The van der Waals surface area contributed by atoms with Crippen LogP contribution in [0.4, 0.5) is 4.79 Å². The molecule has 134 valence electrons. The highest BCUT2D eigenvalue weighted by Crippen LogP contribution is 2.33. The van der Waals surface area contributed by atoms with Crippen LogP contribution >= 0.6 is 0 Å². The molecule has 6 nitrogen and oxygen atoms in total. The number of azo groups is 1. The molecule has 1 N–H and O–H groups in total. The molecule has 2 aromatic rings. The SMILES string of the molecule is CC(C)(C)OC(=O)NCc1cccc(C2N=NC(=O)c3ccccc32)c1. The molecule has 1 aliphatic rings. The standard InChI is InChI=1S/C20H21N3O3/c1-20(2,3)26-19(25)21-12-13-7-6-8-14(11-13)17-15-9-4-5-10-16(15)18(24)23-22-17/h4-11,17H,12H2,1-3H3,(H,21,25). The Morgan fingerprint density at radius 2 is 1.92 bits per heavy atom. The number of hydrogen-bond acceptors (Lipinski definition) is 4. The molecule has 1 unspecified atom stereocenters. The Labute approximate surface area is 152 Å². The van der Waals surface area contributed by atoms with Crippen LogP contribution in [0, 0.1) is 0 Å². The fourth-order valence-electron chi connectivity index (χ4n) is 2.76. The number of alkyl carbamates (subject to hydrolysis) is 1. The molecule has 6 heteroatoms. The zero-order valence-electron chi connectivity index (χ0n) is 15.0. The minimum absolute atomic E-state index is 0.320. The lowest BCUT2D eigenvalue weighted by Crippen LogP contribution is -2.32. The van der Waals surface area contributed by atoms with E-state index in [0.29, 0.717) is 12.1 Å². The van der Waals surface area contributed by atoms with Crippen LogP contribution in [0.2, 0.25) is 0 Å². The monoisotopic (exact) mass is 351 g/mol. The molecule has 26 heavy (non-hydrogen) atoms. The summed E-state index contributed by atoms with van der Waals surface area (Å²) >= 11 is 0. The number of nitrogens with zero attached hydrogens (tertiary/aromatic N) is 2. The van der Waals surface area contributed by atoms with Gasteiger partial charge in [0, 0.05) is 12.1 Å². The molecule has 0 saturated heterocycles. The zero-order valence-corrected chi connectivity index (χ0v) is 15.0. The summed E-state index contributed by atoms with van der Waals surface area (Å²) in [6.45, 7) is 5.80. The summed E-state index contributed by atoms with van der Waals surface area (Å²) in [6.07, 6.45) is -0.462. The molecular formula is C20H21N3O3. The fraction of sp³-hybridized carbons (Fsp3) is 0.300. The number of rotatable bonds is 3. The third-order valence-corrected chi connectivity index (χ3v) is 3.85. The molecule has 1 heterocycles. The lowest BCUT2D eigenvalue weighted by Gasteiger charge is -2.20. The van der Waals surface area contributed by atoms with Crippen LogP contribution in [0.1, 0.15) is 53.9 Å². The highest BCUT2D eigenvalue weighted by Gasteiger charge is 2.25. The van der Waals surface area contributed by atoms with Gasteiger partial charge in [0.25, 0.3) is 5.91 Å². The Kier molecular flexibility index (Phi) is 4.84. The van der Waals surface area contributed by atoms with E-state index >= 15 is 0 Å². The first-order valence-corrected chi connectivity index (χ1v) is 8.43. The van der Waals surface area contributed by atoms with E-state index in [-0.39, 0.29) is 11.9 Å². The van der Waals surface area contributed by atoms with Gasteiger partial charge in [0.05, 0.1) is 0 Å². The maximum absolute atomic E-state index is 11.9. The zero-order chi connectivity index (χ0) is 18.7. The number of ether oxygens (including phenoxy) is 1. The van der Waals surface area contributed by atoms with Gasteiger partial charge in [-0.1, -0.05) is 42.5 Å². The van der Waals surface area contributed by atoms with Gasteiger partial charge >= 0.3 is 6.09 Å². The first-order chi connectivity index (χ1) is 12.3. The van der Waals surface area contributed by atoms with Crippen LogP contribution in [0.15, 0.2) is 58.8 Å². The Bertz CT molecular complexity index is 869. The largest absolute Gasteiger partial charge is 0.444 e. The van der Waals surface area contributed by atoms with Crippen LogP contribution in [0.5, 0.6) is 0 Å². The number of nitrogens with one attached hydrogen (secondary N) is 1. The predicted molar refractivity (Wildman–Crippen MR) is 97.0 cm³/mol. The average Bonchev–Trinajstić information content (AvgIpc) is 2.59. The maximum atomic E-state index is 11.9. The van der Waals surface area contributed by atoms with Crippen molar-refractivity contribution in [1.82, 2.24) is 5.32 Å². The summed E-state index contributed by atoms with van der Waals surface area (Å²) in [5, 5.41) is 10.7. The van der Waals surface area contributed by atoms with Crippen molar-refractivity contribution in [2.24, 2.45) is 10.2 Å².